The molecule has 7 nitrogen and oxygen atoms in total. The molecule has 0 aliphatic rings. The molecule has 0 aliphatic heterocycles. The van der Waals surface area contributed by atoms with Crippen molar-refractivity contribution >= 4 is 21.9 Å². The number of carbonyl (C=O) groups excluding carboxylic acids is 2. The van der Waals surface area contributed by atoms with E-state index in [-0.39, 0.29) is 0 Å². The van der Waals surface area contributed by atoms with Crippen molar-refractivity contribution < 1.29 is 22.6 Å². The van der Waals surface area contributed by atoms with Crippen LogP contribution in [0.3, 0.4) is 0 Å². The van der Waals surface area contributed by atoms with Crippen molar-refractivity contribution in [3.63, 3.8) is 0 Å². The summed E-state index contributed by atoms with van der Waals surface area (Å²) in [5.74, 6) is -0.963. The van der Waals surface area contributed by atoms with Crippen LogP contribution in [0.15, 0.2) is 25.3 Å². The minimum Gasteiger partial charge on any atom is -0.366 e. The standard InChI is InChI=1S/C5H12O3S.2C3H5NO/c1-4-5(2,3)9(6,7)8;2*1-2-3(4)5/h4H2,1-3H3,(H,6,7,8);2*2H,1H2,(H2,4,5). The fourth-order valence-electron chi connectivity index (χ4n) is 0.182. The van der Waals surface area contributed by atoms with Crippen molar-refractivity contribution in [1.29, 1.82) is 0 Å². The number of primary amides is 2. The Labute approximate surface area is 114 Å². The van der Waals surface area contributed by atoms with E-state index >= 15 is 0 Å². The number of hydrogen-bond donors (Lipinski definition) is 3. The summed E-state index contributed by atoms with van der Waals surface area (Å²) in [6, 6.07) is 0. The minimum atomic E-state index is -3.85. The molecule has 0 fully saturated rings. The van der Waals surface area contributed by atoms with Crippen LogP contribution in [0.5, 0.6) is 0 Å². The van der Waals surface area contributed by atoms with Crippen molar-refractivity contribution in [2.75, 3.05) is 0 Å². The van der Waals surface area contributed by atoms with Gasteiger partial charge in [0.1, 0.15) is 0 Å². The SMILES string of the molecule is C=CC(N)=O.C=CC(N)=O.CCC(C)(C)S(=O)(=O)O. The molecule has 0 aliphatic carbocycles. The molecule has 0 spiro atoms. The van der Waals surface area contributed by atoms with Gasteiger partial charge in [-0.05, 0) is 32.4 Å². The Morgan fingerprint density at radius 1 is 1.16 bits per heavy atom. The van der Waals surface area contributed by atoms with E-state index < -0.39 is 26.7 Å². The Bertz CT molecular complexity index is 395. The molecular weight excluding hydrogens is 272 g/mol. The second-order valence-corrected chi connectivity index (χ2v) is 5.86. The molecule has 0 saturated carbocycles. The van der Waals surface area contributed by atoms with Crippen LogP contribution >= 0.6 is 0 Å². The molecule has 2 amide bonds. The summed E-state index contributed by atoms with van der Waals surface area (Å²) in [7, 11) is -3.85. The molecule has 0 saturated heterocycles. The molecule has 0 aromatic carbocycles. The highest BCUT2D eigenvalue weighted by molar-refractivity contribution is 7.87. The summed E-state index contributed by atoms with van der Waals surface area (Å²) in [6.07, 6.45) is 2.53. The number of amides is 2. The van der Waals surface area contributed by atoms with Gasteiger partial charge in [-0.2, -0.15) is 8.42 Å². The summed E-state index contributed by atoms with van der Waals surface area (Å²) < 4.78 is 28.4. The van der Waals surface area contributed by atoms with Crippen LogP contribution in [-0.2, 0) is 19.7 Å². The molecule has 19 heavy (non-hydrogen) atoms. The Kier molecular flexibility index (Phi) is 12.2. The van der Waals surface area contributed by atoms with Gasteiger partial charge in [0.15, 0.2) is 0 Å². The second kappa shape index (κ2) is 10.3. The summed E-state index contributed by atoms with van der Waals surface area (Å²) >= 11 is 0. The molecule has 0 aromatic rings. The maximum atomic E-state index is 10.4. The van der Waals surface area contributed by atoms with Gasteiger partial charge in [-0.1, -0.05) is 20.1 Å². The lowest BCUT2D eigenvalue weighted by atomic mass is 10.1. The number of carbonyl (C=O) groups is 2. The van der Waals surface area contributed by atoms with Gasteiger partial charge in [0.05, 0.1) is 4.75 Å². The van der Waals surface area contributed by atoms with Gasteiger partial charge in [-0.15, -0.1) is 0 Å². The lowest BCUT2D eigenvalue weighted by Gasteiger charge is -2.17. The zero-order chi connectivity index (χ0) is 16.3. The van der Waals surface area contributed by atoms with Gasteiger partial charge in [-0.25, -0.2) is 0 Å². The Hall–Kier alpha value is -1.67. The quantitative estimate of drug-likeness (QED) is 0.507. The molecule has 112 valence electrons. The molecule has 0 heterocycles. The highest BCUT2D eigenvalue weighted by Crippen LogP contribution is 2.17. The first-order valence-corrected chi connectivity index (χ1v) is 6.60. The van der Waals surface area contributed by atoms with E-state index in [0.717, 1.165) is 12.2 Å². The minimum absolute atomic E-state index is 0.422. The van der Waals surface area contributed by atoms with Gasteiger partial charge < -0.3 is 11.5 Å². The Balaban J connectivity index is -0.000000219. The Morgan fingerprint density at radius 2 is 1.37 bits per heavy atom. The van der Waals surface area contributed by atoms with Crippen LogP contribution in [-0.4, -0.2) is 29.5 Å². The zero-order valence-electron chi connectivity index (χ0n) is 11.4. The van der Waals surface area contributed by atoms with Gasteiger partial charge in [-0.3, -0.25) is 14.1 Å². The van der Waals surface area contributed by atoms with Crippen LogP contribution < -0.4 is 11.5 Å². The summed E-state index contributed by atoms with van der Waals surface area (Å²) in [5.41, 5.74) is 9.07. The number of rotatable bonds is 4. The van der Waals surface area contributed by atoms with Crippen LogP contribution in [0.1, 0.15) is 27.2 Å². The van der Waals surface area contributed by atoms with E-state index in [2.05, 4.69) is 24.6 Å². The average molecular weight is 294 g/mol. The molecule has 0 aromatic heterocycles. The molecule has 5 N–H and O–H groups in total. The van der Waals surface area contributed by atoms with Gasteiger partial charge in [0.25, 0.3) is 10.1 Å². The van der Waals surface area contributed by atoms with Crippen LogP contribution in [0.4, 0.5) is 0 Å². The van der Waals surface area contributed by atoms with E-state index in [1.807, 2.05) is 0 Å². The molecule has 0 bridgehead atoms. The van der Waals surface area contributed by atoms with Crippen LogP contribution in [0.2, 0.25) is 0 Å². The van der Waals surface area contributed by atoms with E-state index in [1.165, 1.54) is 13.8 Å². The zero-order valence-corrected chi connectivity index (χ0v) is 12.2. The third kappa shape index (κ3) is 16.3. The smallest absolute Gasteiger partial charge is 0.270 e. The molecule has 0 radical (unpaired) electrons. The fraction of sp³-hybridized carbons (Fsp3) is 0.455. The number of hydrogen-bond acceptors (Lipinski definition) is 4. The first-order chi connectivity index (χ1) is 8.35. The van der Waals surface area contributed by atoms with E-state index in [1.54, 1.807) is 6.92 Å². The van der Waals surface area contributed by atoms with Gasteiger partial charge >= 0.3 is 0 Å². The van der Waals surface area contributed by atoms with E-state index in [9.17, 15) is 18.0 Å². The summed E-state index contributed by atoms with van der Waals surface area (Å²) in [4.78, 5) is 18.9. The topological polar surface area (TPSA) is 141 Å². The lowest BCUT2D eigenvalue weighted by molar-refractivity contribution is -0.114. The van der Waals surface area contributed by atoms with Crippen molar-refractivity contribution in [2.24, 2.45) is 11.5 Å². The van der Waals surface area contributed by atoms with E-state index in [0.29, 0.717) is 6.42 Å². The third-order valence-corrected chi connectivity index (χ3v) is 3.64. The lowest BCUT2D eigenvalue weighted by Crippen LogP contribution is -2.29. The average Bonchev–Trinajstić information content (AvgIpc) is 2.29. The molecule has 8 heteroatoms. The highest BCUT2D eigenvalue weighted by atomic mass is 32.2. The van der Waals surface area contributed by atoms with Crippen LogP contribution in [0, 0.1) is 0 Å². The molecule has 0 unspecified atom stereocenters. The van der Waals surface area contributed by atoms with E-state index in [4.69, 9.17) is 4.55 Å². The second-order valence-electron chi connectivity index (χ2n) is 3.80. The van der Waals surface area contributed by atoms with Crippen molar-refractivity contribution in [1.82, 2.24) is 0 Å². The van der Waals surface area contributed by atoms with Crippen molar-refractivity contribution in [2.45, 2.75) is 31.9 Å². The van der Waals surface area contributed by atoms with Crippen LogP contribution in [0.25, 0.3) is 0 Å². The molecular formula is C11H22N2O5S. The largest absolute Gasteiger partial charge is 0.366 e. The van der Waals surface area contributed by atoms with Crippen molar-refractivity contribution in [3.8, 4) is 0 Å². The fourth-order valence-corrected chi connectivity index (χ4v) is 0.547. The summed E-state index contributed by atoms with van der Waals surface area (Å²) in [5, 5.41) is 0. The predicted octanol–water partition coefficient (Wildman–Crippen LogP) is 0.378. The normalized spacial score (nSPS) is 9.89. The highest BCUT2D eigenvalue weighted by Gasteiger charge is 2.29. The van der Waals surface area contributed by atoms with Gasteiger partial charge in [0, 0.05) is 0 Å². The molecule has 0 atom stereocenters. The first kappa shape index (κ1) is 22.5. The predicted molar refractivity (Wildman–Crippen MR) is 74.7 cm³/mol. The maximum Gasteiger partial charge on any atom is 0.270 e. The number of nitrogens with two attached hydrogens (primary N) is 2. The monoisotopic (exact) mass is 294 g/mol. The summed E-state index contributed by atoms with van der Waals surface area (Å²) in [6.45, 7) is 10.9. The Morgan fingerprint density at radius 3 is 1.37 bits per heavy atom. The van der Waals surface area contributed by atoms with Crippen molar-refractivity contribution in [3.05, 3.63) is 25.3 Å². The first-order valence-electron chi connectivity index (χ1n) is 5.16. The maximum absolute atomic E-state index is 10.4. The molecule has 0 rings (SSSR count). The van der Waals surface area contributed by atoms with Gasteiger partial charge in [0.2, 0.25) is 11.8 Å². The third-order valence-electron chi connectivity index (χ3n) is 1.95.